The Morgan fingerprint density at radius 2 is 2.26 bits per heavy atom. The number of carbonyl (C=O) groups excluding carboxylic acids is 1. The van der Waals surface area contributed by atoms with E-state index in [1.807, 2.05) is 39.2 Å². The van der Waals surface area contributed by atoms with E-state index in [0.717, 1.165) is 18.7 Å². The predicted octanol–water partition coefficient (Wildman–Crippen LogP) is 3.13. The number of pyridine rings is 1. The zero-order valence-electron chi connectivity index (χ0n) is 12.5. The number of imidazole rings is 1. The maximum absolute atomic E-state index is 12.8. The summed E-state index contributed by atoms with van der Waals surface area (Å²) >= 11 is 1.69. The van der Waals surface area contributed by atoms with Crippen LogP contribution in [0.1, 0.15) is 28.1 Å². The molecule has 0 bridgehead atoms. The molecule has 1 fully saturated rings. The predicted molar refractivity (Wildman–Crippen MR) is 88.6 cm³/mol. The Bertz CT molecular complexity index is 777. The minimum absolute atomic E-state index is 0.0607. The fourth-order valence-corrected chi connectivity index (χ4v) is 3.25. The molecule has 0 N–H and O–H groups in total. The van der Waals surface area contributed by atoms with Crippen LogP contribution in [0.4, 0.5) is 0 Å². The molecule has 6 heteroatoms. The molecule has 23 heavy (non-hydrogen) atoms. The molecule has 1 aliphatic rings. The molecule has 3 aromatic heterocycles. The average Bonchev–Trinajstić information content (AvgIpc) is 3.06. The Labute approximate surface area is 138 Å². The van der Waals surface area contributed by atoms with Crippen LogP contribution in [0.2, 0.25) is 0 Å². The van der Waals surface area contributed by atoms with E-state index in [9.17, 15) is 4.79 Å². The van der Waals surface area contributed by atoms with Gasteiger partial charge in [-0.25, -0.2) is 9.97 Å². The summed E-state index contributed by atoms with van der Waals surface area (Å²) in [5.74, 6) is 0.820. The van der Waals surface area contributed by atoms with Crippen molar-refractivity contribution in [2.75, 3.05) is 0 Å². The number of amides is 1. The first-order chi connectivity index (χ1) is 11.3. The first-order valence-corrected chi connectivity index (χ1v) is 8.47. The number of nitrogens with zero attached hydrogens (tertiary/aromatic N) is 4. The van der Waals surface area contributed by atoms with Crippen molar-refractivity contribution in [2.45, 2.75) is 25.4 Å². The molecule has 0 radical (unpaired) electrons. The van der Waals surface area contributed by atoms with E-state index >= 15 is 0 Å². The summed E-state index contributed by atoms with van der Waals surface area (Å²) in [5, 5.41) is 2.05. The lowest BCUT2D eigenvalue weighted by Gasteiger charge is -2.21. The van der Waals surface area contributed by atoms with Crippen LogP contribution in [-0.2, 0) is 6.54 Å². The van der Waals surface area contributed by atoms with Crippen molar-refractivity contribution < 1.29 is 4.79 Å². The maximum Gasteiger partial charge on any atom is 0.255 e. The number of rotatable bonds is 5. The van der Waals surface area contributed by atoms with Gasteiger partial charge in [0.1, 0.15) is 12.1 Å². The van der Waals surface area contributed by atoms with E-state index in [2.05, 4.69) is 16.0 Å². The van der Waals surface area contributed by atoms with E-state index < -0.39 is 0 Å². The Morgan fingerprint density at radius 3 is 2.87 bits per heavy atom. The van der Waals surface area contributed by atoms with E-state index in [1.165, 1.54) is 4.88 Å². The summed E-state index contributed by atoms with van der Waals surface area (Å²) in [6, 6.07) is 8.17. The van der Waals surface area contributed by atoms with Crippen LogP contribution < -0.4 is 0 Å². The first kappa shape index (κ1) is 14.1. The van der Waals surface area contributed by atoms with Crippen molar-refractivity contribution in [3.05, 3.63) is 65.0 Å². The zero-order chi connectivity index (χ0) is 15.6. The van der Waals surface area contributed by atoms with E-state index in [0.29, 0.717) is 18.2 Å². The second-order valence-corrected chi connectivity index (χ2v) is 6.65. The summed E-state index contributed by atoms with van der Waals surface area (Å²) in [4.78, 5) is 24.4. The minimum Gasteiger partial charge on any atom is -0.330 e. The van der Waals surface area contributed by atoms with E-state index in [-0.39, 0.29) is 5.91 Å². The number of carbonyl (C=O) groups is 1. The lowest BCUT2D eigenvalue weighted by atomic mass is 10.2. The van der Waals surface area contributed by atoms with Crippen LogP contribution in [0.15, 0.2) is 54.6 Å². The third kappa shape index (κ3) is 3.03. The van der Waals surface area contributed by atoms with Gasteiger partial charge in [0.25, 0.3) is 5.91 Å². The number of hydrogen-bond acceptors (Lipinski definition) is 4. The van der Waals surface area contributed by atoms with Crippen LogP contribution in [0, 0.1) is 0 Å². The van der Waals surface area contributed by atoms with Gasteiger partial charge in [-0.3, -0.25) is 9.36 Å². The fourth-order valence-electron chi connectivity index (χ4n) is 2.55. The molecule has 1 saturated carbocycles. The summed E-state index contributed by atoms with van der Waals surface area (Å²) < 4.78 is 1.82. The lowest BCUT2D eigenvalue weighted by Crippen LogP contribution is -2.32. The molecule has 0 aliphatic heterocycles. The molecule has 1 amide bonds. The monoisotopic (exact) mass is 324 g/mol. The highest BCUT2D eigenvalue weighted by molar-refractivity contribution is 7.09. The Kier molecular flexibility index (Phi) is 3.67. The Morgan fingerprint density at radius 1 is 1.35 bits per heavy atom. The molecule has 0 saturated heterocycles. The van der Waals surface area contributed by atoms with Gasteiger partial charge in [-0.05, 0) is 36.4 Å². The van der Waals surface area contributed by atoms with Gasteiger partial charge in [-0.2, -0.15) is 0 Å². The minimum atomic E-state index is 0.0607. The van der Waals surface area contributed by atoms with Gasteiger partial charge in [0, 0.05) is 29.5 Å². The fraction of sp³-hybridized carbons (Fsp3) is 0.235. The Balaban J connectivity index is 1.54. The summed E-state index contributed by atoms with van der Waals surface area (Å²) in [6.45, 7) is 0.685. The van der Waals surface area contributed by atoms with E-state index in [1.54, 1.807) is 30.1 Å². The third-order valence-electron chi connectivity index (χ3n) is 3.92. The smallest absolute Gasteiger partial charge is 0.255 e. The second-order valence-electron chi connectivity index (χ2n) is 5.62. The Hall–Kier alpha value is -2.47. The van der Waals surface area contributed by atoms with Gasteiger partial charge in [0.05, 0.1) is 12.1 Å². The summed E-state index contributed by atoms with van der Waals surface area (Å²) in [7, 11) is 0. The zero-order valence-corrected chi connectivity index (χ0v) is 13.3. The number of hydrogen-bond donors (Lipinski definition) is 0. The van der Waals surface area contributed by atoms with Crippen LogP contribution in [0.5, 0.6) is 0 Å². The maximum atomic E-state index is 12.8. The highest BCUT2D eigenvalue weighted by Gasteiger charge is 2.33. The van der Waals surface area contributed by atoms with Gasteiger partial charge >= 0.3 is 0 Å². The van der Waals surface area contributed by atoms with Crippen LogP contribution in [0.3, 0.4) is 0 Å². The standard InChI is InChI=1S/C17H16N4OS/c22-17(21(14-4-5-14)11-15-2-1-9-23-15)13-3-6-16(19-10-13)20-8-7-18-12-20/h1-3,6-10,12,14H,4-5,11H2. The molecule has 116 valence electrons. The molecule has 0 spiro atoms. The molecule has 4 rings (SSSR count). The SMILES string of the molecule is O=C(c1ccc(-n2ccnc2)nc1)N(Cc1cccs1)C1CC1. The van der Waals surface area contributed by atoms with Crippen LogP contribution in [0.25, 0.3) is 5.82 Å². The number of aromatic nitrogens is 3. The molecule has 1 aliphatic carbocycles. The molecule has 0 aromatic carbocycles. The lowest BCUT2D eigenvalue weighted by molar-refractivity contribution is 0.0731. The number of thiophene rings is 1. The van der Waals surface area contributed by atoms with Crippen molar-refractivity contribution in [2.24, 2.45) is 0 Å². The van der Waals surface area contributed by atoms with Crippen molar-refractivity contribution >= 4 is 17.2 Å². The van der Waals surface area contributed by atoms with Crippen molar-refractivity contribution in [1.82, 2.24) is 19.4 Å². The molecule has 0 atom stereocenters. The van der Waals surface area contributed by atoms with Crippen molar-refractivity contribution in [3.8, 4) is 5.82 Å². The molecule has 3 heterocycles. The van der Waals surface area contributed by atoms with Gasteiger partial charge in [-0.1, -0.05) is 6.07 Å². The normalized spacial score (nSPS) is 13.9. The van der Waals surface area contributed by atoms with Gasteiger partial charge < -0.3 is 4.90 Å². The van der Waals surface area contributed by atoms with Crippen LogP contribution >= 0.6 is 11.3 Å². The average molecular weight is 324 g/mol. The molecule has 3 aromatic rings. The van der Waals surface area contributed by atoms with Gasteiger partial charge in [0.2, 0.25) is 0 Å². The molecular formula is C17H16N4OS. The highest BCUT2D eigenvalue weighted by Crippen LogP contribution is 2.30. The second kappa shape index (κ2) is 5.96. The highest BCUT2D eigenvalue weighted by atomic mass is 32.1. The molecule has 0 unspecified atom stereocenters. The van der Waals surface area contributed by atoms with E-state index in [4.69, 9.17) is 0 Å². The molecular weight excluding hydrogens is 308 g/mol. The third-order valence-corrected chi connectivity index (χ3v) is 4.78. The quantitative estimate of drug-likeness (QED) is 0.724. The summed E-state index contributed by atoms with van der Waals surface area (Å²) in [5.41, 5.74) is 0.636. The van der Waals surface area contributed by atoms with Crippen LogP contribution in [-0.4, -0.2) is 31.4 Å². The van der Waals surface area contributed by atoms with Crippen molar-refractivity contribution in [1.29, 1.82) is 0 Å². The largest absolute Gasteiger partial charge is 0.330 e. The van der Waals surface area contributed by atoms with Crippen molar-refractivity contribution in [3.63, 3.8) is 0 Å². The first-order valence-electron chi connectivity index (χ1n) is 7.59. The molecule has 5 nitrogen and oxygen atoms in total. The summed E-state index contributed by atoms with van der Waals surface area (Å²) in [6.07, 6.45) is 9.07. The topological polar surface area (TPSA) is 51.0 Å². The van der Waals surface area contributed by atoms with Gasteiger partial charge in [0.15, 0.2) is 0 Å². The van der Waals surface area contributed by atoms with Gasteiger partial charge in [-0.15, -0.1) is 11.3 Å².